The first-order chi connectivity index (χ1) is 14.4. The molecule has 3 rings (SSSR count). The van der Waals surface area contributed by atoms with Gasteiger partial charge >= 0.3 is 0 Å². The number of amides is 1. The number of hydrogen-bond donors (Lipinski definition) is 1. The van der Waals surface area contributed by atoms with E-state index in [2.05, 4.69) is 41.3 Å². The van der Waals surface area contributed by atoms with Gasteiger partial charge in [-0.2, -0.15) is 4.98 Å². The number of thioether (sulfide) groups is 1. The molecule has 160 valence electrons. The van der Waals surface area contributed by atoms with Crippen LogP contribution in [0, 0.1) is 13.8 Å². The lowest BCUT2D eigenvalue weighted by Crippen LogP contribution is -2.12. The van der Waals surface area contributed by atoms with Gasteiger partial charge in [-0.3, -0.25) is 4.79 Å². The van der Waals surface area contributed by atoms with Crippen molar-refractivity contribution in [3.8, 4) is 5.88 Å². The quantitative estimate of drug-likeness (QED) is 0.455. The number of rotatable bonds is 8. The standard InChI is InChI=1S/C22H27N3O3S2/c1-7-13(3)29-15-8-9-16(12(2)10-15)23-20(26)19-14(4)18-21(28-6)24-17(11-27-5)25-22(18)30-19/h8-10,13H,7,11H2,1-6H3,(H,23,26). The number of carbonyl (C=O) groups excluding carboxylic acids is 1. The number of thiophene rings is 1. The van der Waals surface area contributed by atoms with E-state index < -0.39 is 0 Å². The number of carbonyl (C=O) groups is 1. The third-order valence-corrected chi connectivity index (χ3v) is 7.28. The summed E-state index contributed by atoms with van der Waals surface area (Å²) in [5, 5.41) is 4.38. The predicted octanol–water partition coefficient (Wildman–Crippen LogP) is 5.61. The molecule has 0 fully saturated rings. The molecule has 0 saturated carbocycles. The number of ether oxygens (including phenoxy) is 2. The number of anilines is 1. The Kier molecular flexibility index (Phi) is 7.33. The molecule has 1 aromatic carbocycles. The van der Waals surface area contributed by atoms with Crippen LogP contribution in [0.3, 0.4) is 0 Å². The Hall–Kier alpha value is -2.16. The molecular formula is C22H27N3O3S2. The molecular weight excluding hydrogens is 418 g/mol. The van der Waals surface area contributed by atoms with Crippen molar-refractivity contribution in [2.24, 2.45) is 0 Å². The first-order valence-electron chi connectivity index (χ1n) is 9.79. The second kappa shape index (κ2) is 9.76. The average Bonchev–Trinajstić information content (AvgIpc) is 3.06. The third kappa shape index (κ3) is 4.77. The Balaban J connectivity index is 1.89. The van der Waals surface area contributed by atoms with E-state index in [9.17, 15) is 4.79 Å². The molecule has 0 spiro atoms. The molecule has 0 aliphatic rings. The zero-order valence-electron chi connectivity index (χ0n) is 18.2. The zero-order chi connectivity index (χ0) is 21.8. The second-order valence-electron chi connectivity index (χ2n) is 7.09. The van der Waals surface area contributed by atoms with Gasteiger partial charge in [0.25, 0.3) is 5.91 Å². The lowest BCUT2D eigenvalue weighted by Gasteiger charge is -2.12. The van der Waals surface area contributed by atoms with Gasteiger partial charge in [-0.15, -0.1) is 23.1 Å². The first kappa shape index (κ1) is 22.5. The summed E-state index contributed by atoms with van der Waals surface area (Å²) in [6, 6.07) is 6.15. The Morgan fingerprint density at radius 1 is 1.27 bits per heavy atom. The maximum atomic E-state index is 13.1. The van der Waals surface area contributed by atoms with Crippen LogP contribution in [-0.2, 0) is 11.3 Å². The number of benzene rings is 1. The summed E-state index contributed by atoms with van der Waals surface area (Å²) in [5.74, 6) is 0.832. The van der Waals surface area contributed by atoms with E-state index in [-0.39, 0.29) is 12.5 Å². The van der Waals surface area contributed by atoms with Crippen molar-refractivity contribution in [2.75, 3.05) is 19.5 Å². The normalized spacial score (nSPS) is 12.2. The molecule has 0 saturated heterocycles. The highest BCUT2D eigenvalue weighted by atomic mass is 32.2. The summed E-state index contributed by atoms with van der Waals surface area (Å²) in [4.78, 5) is 24.5. The maximum absolute atomic E-state index is 13.1. The molecule has 1 N–H and O–H groups in total. The topological polar surface area (TPSA) is 73.3 Å². The fourth-order valence-electron chi connectivity index (χ4n) is 3.05. The third-order valence-electron chi connectivity index (χ3n) is 4.83. The van der Waals surface area contributed by atoms with Crippen molar-refractivity contribution in [2.45, 2.75) is 50.9 Å². The molecule has 1 atom stereocenters. The molecule has 0 bridgehead atoms. The van der Waals surface area contributed by atoms with Crippen molar-refractivity contribution in [1.82, 2.24) is 9.97 Å². The van der Waals surface area contributed by atoms with Crippen LogP contribution in [-0.4, -0.2) is 35.3 Å². The molecule has 1 unspecified atom stereocenters. The maximum Gasteiger partial charge on any atom is 0.266 e. The van der Waals surface area contributed by atoms with Crippen LogP contribution < -0.4 is 10.1 Å². The summed E-state index contributed by atoms with van der Waals surface area (Å²) in [6.07, 6.45) is 1.12. The number of nitrogens with zero attached hydrogens (tertiary/aromatic N) is 2. The minimum atomic E-state index is -0.156. The summed E-state index contributed by atoms with van der Waals surface area (Å²) in [6.45, 7) is 8.60. The number of nitrogens with one attached hydrogen (secondary N) is 1. The van der Waals surface area contributed by atoms with E-state index in [0.717, 1.165) is 28.6 Å². The lowest BCUT2D eigenvalue weighted by molar-refractivity contribution is 0.103. The molecule has 1 amide bonds. The molecule has 6 nitrogen and oxygen atoms in total. The minimum Gasteiger partial charge on any atom is -0.480 e. The monoisotopic (exact) mass is 445 g/mol. The first-order valence-corrected chi connectivity index (χ1v) is 11.5. The van der Waals surface area contributed by atoms with Crippen LogP contribution in [0.25, 0.3) is 10.2 Å². The van der Waals surface area contributed by atoms with E-state index >= 15 is 0 Å². The van der Waals surface area contributed by atoms with Gasteiger partial charge in [0.15, 0.2) is 5.82 Å². The van der Waals surface area contributed by atoms with E-state index in [0.29, 0.717) is 26.7 Å². The van der Waals surface area contributed by atoms with Gasteiger partial charge in [-0.05, 0) is 49.6 Å². The van der Waals surface area contributed by atoms with Gasteiger partial charge < -0.3 is 14.8 Å². The predicted molar refractivity (Wildman–Crippen MR) is 124 cm³/mol. The van der Waals surface area contributed by atoms with Crippen molar-refractivity contribution >= 4 is 44.9 Å². The molecule has 8 heteroatoms. The van der Waals surface area contributed by atoms with Gasteiger partial charge in [-0.25, -0.2) is 4.98 Å². The van der Waals surface area contributed by atoms with Gasteiger partial charge in [0.1, 0.15) is 11.4 Å². The SMILES string of the molecule is CCC(C)Sc1ccc(NC(=O)c2sc3nc(COC)nc(OC)c3c2C)c(C)c1. The van der Waals surface area contributed by atoms with Crippen LogP contribution in [0.4, 0.5) is 5.69 Å². The summed E-state index contributed by atoms with van der Waals surface area (Å²) < 4.78 is 10.6. The molecule has 2 aromatic heterocycles. The second-order valence-corrected chi connectivity index (χ2v) is 9.60. The minimum absolute atomic E-state index is 0.156. The average molecular weight is 446 g/mol. The van der Waals surface area contributed by atoms with Crippen LogP contribution in [0.5, 0.6) is 5.88 Å². The highest BCUT2D eigenvalue weighted by Crippen LogP contribution is 2.36. The Bertz CT molecular complexity index is 1070. The highest BCUT2D eigenvalue weighted by Gasteiger charge is 2.21. The fourth-order valence-corrected chi connectivity index (χ4v) is 5.15. The van der Waals surface area contributed by atoms with Crippen molar-refractivity contribution in [3.63, 3.8) is 0 Å². The highest BCUT2D eigenvalue weighted by molar-refractivity contribution is 7.99. The number of fused-ring (bicyclic) bond motifs is 1. The van der Waals surface area contributed by atoms with Gasteiger partial charge in [0.2, 0.25) is 5.88 Å². The van der Waals surface area contributed by atoms with Crippen LogP contribution in [0.2, 0.25) is 0 Å². The molecule has 30 heavy (non-hydrogen) atoms. The molecule has 0 radical (unpaired) electrons. The Morgan fingerprint density at radius 3 is 2.67 bits per heavy atom. The summed E-state index contributed by atoms with van der Waals surface area (Å²) in [5.41, 5.74) is 2.66. The number of hydrogen-bond acceptors (Lipinski definition) is 7. The largest absolute Gasteiger partial charge is 0.480 e. The summed E-state index contributed by atoms with van der Waals surface area (Å²) >= 11 is 3.18. The van der Waals surface area contributed by atoms with E-state index in [1.54, 1.807) is 14.2 Å². The van der Waals surface area contributed by atoms with Crippen LogP contribution in [0.1, 0.15) is 46.9 Å². The van der Waals surface area contributed by atoms with Crippen LogP contribution >= 0.6 is 23.1 Å². The van der Waals surface area contributed by atoms with E-state index in [1.807, 2.05) is 31.7 Å². The Labute approximate surface area is 185 Å². The fraction of sp³-hybridized carbons (Fsp3) is 0.409. The number of aromatic nitrogens is 2. The van der Waals surface area contributed by atoms with E-state index in [1.165, 1.54) is 16.2 Å². The van der Waals surface area contributed by atoms with Crippen molar-refractivity contribution in [1.29, 1.82) is 0 Å². The lowest BCUT2D eigenvalue weighted by atomic mass is 10.1. The summed E-state index contributed by atoms with van der Waals surface area (Å²) in [7, 11) is 3.16. The molecule has 0 aliphatic carbocycles. The smallest absolute Gasteiger partial charge is 0.266 e. The van der Waals surface area contributed by atoms with Gasteiger partial charge in [-0.1, -0.05) is 13.8 Å². The zero-order valence-corrected chi connectivity index (χ0v) is 19.8. The number of aryl methyl sites for hydroxylation is 2. The molecule has 3 aromatic rings. The molecule has 0 aliphatic heterocycles. The van der Waals surface area contributed by atoms with Crippen molar-refractivity contribution in [3.05, 3.63) is 40.0 Å². The van der Waals surface area contributed by atoms with Gasteiger partial charge in [0.05, 0.1) is 17.4 Å². The van der Waals surface area contributed by atoms with E-state index in [4.69, 9.17) is 9.47 Å². The number of methoxy groups -OCH3 is 2. The Morgan fingerprint density at radius 2 is 2.03 bits per heavy atom. The van der Waals surface area contributed by atoms with Crippen molar-refractivity contribution < 1.29 is 14.3 Å². The van der Waals surface area contributed by atoms with Crippen LogP contribution in [0.15, 0.2) is 23.1 Å². The van der Waals surface area contributed by atoms with Gasteiger partial charge in [0, 0.05) is 22.9 Å². The molecule has 2 heterocycles.